The Morgan fingerprint density at radius 3 is 2.31 bits per heavy atom. The van der Waals surface area contributed by atoms with Gasteiger partial charge >= 0.3 is 5.63 Å². The smallest absolute Gasteiger partial charge is 0.335 e. The van der Waals surface area contributed by atoms with Crippen molar-refractivity contribution in [2.45, 2.75) is 151 Å². The maximum Gasteiger partial charge on any atom is 0.335 e. The molecule has 17 atom stereocenters. The van der Waals surface area contributed by atoms with Crippen LogP contribution in [0.25, 0.3) is 0 Å². The Balaban J connectivity index is 1.05. The number of fused-ring (bicyclic) bond motifs is 5. The van der Waals surface area contributed by atoms with Crippen LogP contribution in [0.3, 0.4) is 0 Å². The van der Waals surface area contributed by atoms with E-state index in [4.69, 9.17) is 23.4 Å². The van der Waals surface area contributed by atoms with E-state index in [2.05, 4.69) is 19.9 Å². The number of ether oxygens (including phenoxy) is 4. The molecule has 2 aliphatic heterocycles. The fourth-order valence-corrected chi connectivity index (χ4v) is 10.7. The van der Waals surface area contributed by atoms with Crippen LogP contribution in [0.15, 0.2) is 39.3 Å². The second-order valence-corrected chi connectivity index (χ2v) is 15.9. The van der Waals surface area contributed by atoms with Gasteiger partial charge in [0.05, 0.1) is 30.7 Å². The highest BCUT2D eigenvalue weighted by molar-refractivity contribution is 5.31. The van der Waals surface area contributed by atoms with Crippen LogP contribution in [0.4, 0.5) is 0 Å². The van der Waals surface area contributed by atoms with Gasteiger partial charge in [0.2, 0.25) is 0 Å². The van der Waals surface area contributed by atoms with Crippen molar-refractivity contribution in [3.63, 3.8) is 0 Å². The first-order chi connectivity index (χ1) is 23.2. The van der Waals surface area contributed by atoms with Crippen LogP contribution >= 0.6 is 0 Å². The van der Waals surface area contributed by atoms with Crippen LogP contribution in [0.2, 0.25) is 0 Å². The Morgan fingerprint density at radius 2 is 1.59 bits per heavy atom. The van der Waals surface area contributed by atoms with Crippen molar-refractivity contribution in [1.82, 2.24) is 0 Å². The SMILES string of the molecule is C[C@H]1OC(OC2C=C3CCC4C(CC[C@]5(C)C(c6ccc(=O)oc6)CCC45O)C3(C)CC2)C(O)C(OC2OC(CO)C(O)C(O)C2O)C1O. The molecule has 6 aliphatic rings. The van der Waals surface area contributed by atoms with Crippen LogP contribution < -0.4 is 5.63 Å². The lowest BCUT2D eigenvalue weighted by molar-refractivity contribution is -0.359. The second-order valence-electron chi connectivity index (χ2n) is 15.9. The molecule has 0 spiro atoms. The maximum absolute atomic E-state index is 12.5. The number of rotatable bonds is 6. The molecule has 3 saturated carbocycles. The van der Waals surface area contributed by atoms with E-state index < -0.39 is 73.6 Å². The average Bonchev–Trinajstić information content (AvgIpc) is 3.36. The van der Waals surface area contributed by atoms with Gasteiger partial charge in [-0.1, -0.05) is 25.5 Å². The van der Waals surface area contributed by atoms with E-state index in [9.17, 15) is 40.5 Å². The Kier molecular flexibility index (Phi) is 9.48. The minimum atomic E-state index is -1.70. The van der Waals surface area contributed by atoms with Crippen LogP contribution in [0, 0.1) is 22.7 Å². The second kappa shape index (κ2) is 13.0. The van der Waals surface area contributed by atoms with Gasteiger partial charge < -0.3 is 59.1 Å². The molecule has 13 nitrogen and oxygen atoms in total. The topological polar surface area (TPSA) is 209 Å². The molecule has 0 radical (unpaired) electrons. The van der Waals surface area contributed by atoms with Crippen molar-refractivity contribution >= 4 is 0 Å². The summed E-state index contributed by atoms with van der Waals surface area (Å²) in [6.45, 7) is 5.49. The number of aliphatic hydroxyl groups is 7. The molecule has 1 aromatic heterocycles. The molecule has 0 bridgehead atoms. The molecule has 13 heteroatoms. The monoisotopic (exact) mass is 692 g/mol. The third-order valence-electron chi connectivity index (χ3n) is 13.6. The molecule has 49 heavy (non-hydrogen) atoms. The molecule has 1 aromatic rings. The summed E-state index contributed by atoms with van der Waals surface area (Å²) in [5, 5.41) is 75.1. The summed E-state index contributed by atoms with van der Waals surface area (Å²) < 4.78 is 28.7. The molecule has 274 valence electrons. The number of allylic oxidation sites excluding steroid dienone is 1. The highest BCUT2D eigenvalue weighted by Crippen LogP contribution is 2.70. The van der Waals surface area contributed by atoms with E-state index in [1.807, 2.05) is 6.07 Å². The molecule has 5 fully saturated rings. The predicted molar refractivity (Wildman–Crippen MR) is 171 cm³/mol. The largest absolute Gasteiger partial charge is 0.431 e. The van der Waals surface area contributed by atoms with Gasteiger partial charge in [0.15, 0.2) is 12.6 Å². The molecule has 4 aliphatic carbocycles. The Hall–Kier alpha value is -1.75. The van der Waals surface area contributed by atoms with Gasteiger partial charge in [0.25, 0.3) is 0 Å². The summed E-state index contributed by atoms with van der Waals surface area (Å²) in [5.41, 5.74) is 0.613. The fourth-order valence-electron chi connectivity index (χ4n) is 10.7. The normalized spacial score (nSPS) is 51.3. The lowest BCUT2D eigenvalue weighted by Crippen LogP contribution is -2.64. The lowest BCUT2D eigenvalue weighted by atomic mass is 9.45. The quantitative estimate of drug-likeness (QED) is 0.207. The maximum atomic E-state index is 12.5. The molecule has 0 amide bonds. The third-order valence-corrected chi connectivity index (χ3v) is 13.6. The summed E-state index contributed by atoms with van der Waals surface area (Å²) in [6, 6.07) is 3.32. The first kappa shape index (κ1) is 35.6. The van der Waals surface area contributed by atoms with Gasteiger partial charge in [0, 0.05) is 11.5 Å². The standard InChI is InChI=1S/C36H52O13/c1-17-26(39)31(49-32-29(42)28(41)27(40)24(15-37)48-32)30(43)33(46-17)47-20-8-11-34(2)19(14-20)5-6-23-22(34)9-12-35(3)21(10-13-36(23,35)44)18-4-7-25(38)45-16-18/h4,7,14,16-17,20-24,26-33,37,39-44H,5-6,8-13,15H2,1-3H3/t17-,20?,21?,22?,23?,24?,26?,27?,28?,29?,30?,31?,32?,33?,34?,35-,36?/m1/s1. The summed E-state index contributed by atoms with van der Waals surface area (Å²) in [6.07, 6.45) is -3.95. The summed E-state index contributed by atoms with van der Waals surface area (Å²) in [5.74, 6) is 0.549. The predicted octanol–water partition coefficient (Wildman–Crippen LogP) is 0.838. The zero-order chi connectivity index (χ0) is 35.0. The summed E-state index contributed by atoms with van der Waals surface area (Å²) in [4.78, 5) is 11.6. The van der Waals surface area contributed by atoms with Gasteiger partial charge in [-0.05, 0) is 93.1 Å². The Morgan fingerprint density at radius 1 is 0.837 bits per heavy atom. The molecule has 3 heterocycles. The zero-order valence-corrected chi connectivity index (χ0v) is 28.3. The number of aliphatic hydroxyl groups excluding tert-OH is 6. The van der Waals surface area contributed by atoms with E-state index in [1.54, 1.807) is 13.2 Å². The van der Waals surface area contributed by atoms with E-state index in [0.717, 1.165) is 44.1 Å². The third kappa shape index (κ3) is 5.68. The Bertz CT molecular complexity index is 1430. The minimum Gasteiger partial charge on any atom is -0.431 e. The lowest BCUT2D eigenvalue weighted by Gasteiger charge is -2.62. The van der Waals surface area contributed by atoms with Crippen LogP contribution in [-0.4, -0.2) is 115 Å². The van der Waals surface area contributed by atoms with Gasteiger partial charge in [-0.2, -0.15) is 0 Å². The van der Waals surface area contributed by atoms with Crippen molar-refractivity contribution in [3.05, 3.63) is 46.0 Å². The van der Waals surface area contributed by atoms with Crippen LogP contribution in [0.1, 0.15) is 83.6 Å². The molecule has 0 aromatic carbocycles. The summed E-state index contributed by atoms with van der Waals surface area (Å²) >= 11 is 0. The highest BCUT2D eigenvalue weighted by Gasteiger charge is 2.67. The highest BCUT2D eigenvalue weighted by atomic mass is 16.7. The van der Waals surface area contributed by atoms with Gasteiger partial charge in [-0.15, -0.1) is 0 Å². The average molecular weight is 693 g/mol. The number of hydrogen-bond acceptors (Lipinski definition) is 13. The van der Waals surface area contributed by atoms with E-state index in [0.29, 0.717) is 18.8 Å². The van der Waals surface area contributed by atoms with Gasteiger partial charge in [-0.3, -0.25) is 0 Å². The Labute approximate surface area is 285 Å². The fraction of sp³-hybridized carbons (Fsp3) is 0.806. The minimum absolute atomic E-state index is 0.119. The van der Waals surface area contributed by atoms with Crippen molar-refractivity contribution in [2.75, 3.05) is 6.61 Å². The van der Waals surface area contributed by atoms with Crippen molar-refractivity contribution < 1.29 is 59.1 Å². The van der Waals surface area contributed by atoms with E-state index in [1.165, 1.54) is 11.6 Å². The zero-order valence-electron chi connectivity index (χ0n) is 28.3. The van der Waals surface area contributed by atoms with Crippen LogP contribution in [0.5, 0.6) is 0 Å². The molecule has 15 unspecified atom stereocenters. The van der Waals surface area contributed by atoms with Gasteiger partial charge in [0.1, 0.15) is 42.7 Å². The molecule has 7 N–H and O–H groups in total. The molecule has 2 saturated heterocycles. The number of hydrogen-bond donors (Lipinski definition) is 7. The van der Waals surface area contributed by atoms with Crippen molar-refractivity contribution in [2.24, 2.45) is 22.7 Å². The van der Waals surface area contributed by atoms with Crippen molar-refractivity contribution in [3.8, 4) is 0 Å². The van der Waals surface area contributed by atoms with Crippen molar-refractivity contribution in [1.29, 1.82) is 0 Å². The van der Waals surface area contributed by atoms with E-state index >= 15 is 0 Å². The summed E-state index contributed by atoms with van der Waals surface area (Å²) in [7, 11) is 0. The molecule has 7 rings (SSSR count). The first-order valence-electron chi connectivity index (χ1n) is 17.9. The molecular formula is C36H52O13. The first-order valence-corrected chi connectivity index (χ1v) is 17.9. The molecular weight excluding hydrogens is 640 g/mol. The van der Waals surface area contributed by atoms with Crippen LogP contribution in [-0.2, 0) is 18.9 Å². The van der Waals surface area contributed by atoms with E-state index in [-0.39, 0.29) is 34.4 Å². The van der Waals surface area contributed by atoms with Gasteiger partial charge in [-0.25, -0.2) is 4.79 Å².